The van der Waals surface area contributed by atoms with Crippen LogP contribution in [0.3, 0.4) is 0 Å². The molecule has 3 rings (SSSR count). The summed E-state index contributed by atoms with van der Waals surface area (Å²) in [6.45, 7) is 0. The van der Waals surface area contributed by atoms with Crippen molar-refractivity contribution in [3.8, 4) is 5.75 Å². The first kappa shape index (κ1) is 17.1. The molecule has 122 valence electrons. The molecular formula is C18H12BrCl2NO2. The molecule has 1 amide bonds. The van der Waals surface area contributed by atoms with E-state index < -0.39 is 0 Å². The van der Waals surface area contributed by atoms with Crippen LogP contribution < -0.4 is 10.1 Å². The van der Waals surface area contributed by atoms with E-state index in [1.807, 2.05) is 24.3 Å². The Labute approximate surface area is 157 Å². The lowest BCUT2D eigenvalue weighted by Crippen LogP contribution is -2.14. The maximum atomic E-state index is 12.7. The number of benzene rings is 3. The molecule has 0 bridgehead atoms. The molecule has 0 saturated carbocycles. The molecule has 0 saturated heterocycles. The van der Waals surface area contributed by atoms with Gasteiger partial charge in [0.05, 0.1) is 27.9 Å². The fourth-order valence-corrected chi connectivity index (χ4v) is 3.63. The monoisotopic (exact) mass is 423 g/mol. The van der Waals surface area contributed by atoms with Crippen LogP contribution in [0.1, 0.15) is 10.4 Å². The molecule has 3 aromatic carbocycles. The van der Waals surface area contributed by atoms with E-state index in [2.05, 4.69) is 21.2 Å². The minimum atomic E-state index is -0.317. The highest BCUT2D eigenvalue weighted by molar-refractivity contribution is 9.10. The van der Waals surface area contributed by atoms with Crippen molar-refractivity contribution in [1.82, 2.24) is 0 Å². The van der Waals surface area contributed by atoms with Gasteiger partial charge >= 0.3 is 0 Å². The van der Waals surface area contributed by atoms with Crippen LogP contribution in [0.15, 0.2) is 53.0 Å². The summed E-state index contributed by atoms with van der Waals surface area (Å²) in [4.78, 5) is 12.7. The van der Waals surface area contributed by atoms with Crippen molar-refractivity contribution in [2.75, 3.05) is 12.4 Å². The van der Waals surface area contributed by atoms with E-state index in [4.69, 9.17) is 27.9 Å². The summed E-state index contributed by atoms with van der Waals surface area (Å²) in [5.41, 5.74) is 0.895. The second kappa shape index (κ2) is 7.01. The normalized spacial score (nSPS) is 10.7. The highest BCUT2D eigenvalue weighted by atomic mass is 79.9. The summed E-state index contributed by atoms with van der Waals surface area (Å²) in [7, 11) is 1.53. The maximum Gasteiger partial charge on any atom is 0.259 e. The number of methoxy groups -OCH3 is 1. The highest BCUT2D eigenvalue weighted by Crippen LogP contribution is 2.37. The maximum absolute atomic E-state index is 12.7. The lowest BCUT2D eigenvalue weighted by molar-refractivity contribution is 0.102. The van der Waals surface area contributed by atoms with Gasteiger partial charge in [0.15, 0.2) is 0 Å². The number of carbonyl (C=O) groups is 1. The van der Waals surface area contributed by atoms with E-state index >= 15 is 0 Å². The van der Waals surface area contributed by atoms with Gasteiger partial charge in [0, 0.05) is 5.02 Å². The predicted molar refractivity (Wildman–Crippen MR) is 103 cm³/mol. The van der Waals surface area contributed by atoms with Gasteiger partial charge in [0.1, 0.15) is 5.75 Å². The van der Waals surface area contributed by atoms with E-state index in [-0.39, 0.29) is 5.91 Å². The van der Waals surface area contributed by atoms with Gasteiger partial charge in [0.25, 0.3) is 5.91 Å². The number of hydrogen-bond donors (Lipinski definition) is 1. The largest absolute Gasteiger partial charge is 0.495 e. The SMILES string of the molecule is COc1c(C(=O)Nc2ccc(Cl)cc2Cl)cc2ccccc2c1Br. The molecule has 0 heterocycles. The average molecular weight is 425 g/mol. The van der Waals surface area contributed by atoms with E-state index in [1.54, 1.807) is 24.3 Å². The number of anilines is 1. The molecule has 3 aromatic rings. The number of fused-ring (bicyclic) bond motifs is 1. The minimum absolute atomic E-state index is 0.317. The Morgan fingerprint density at radius 1 is 1.12 bits per heavy atom. The molecule has 1 N–H and O–H groups in total. The zero-order chi connectivity index (χ0) is 17.3. The van der Waals surface area contributed by atoms with Gasteiger partial charge in [0.2, 0.25) is 0 Å². The fourth-order valence-electron chi connectivity index (χ4n) is 2.43. The Morgan fingerprint density at radius 3 is 2.58 bits per heavy atom. The average Bonchev–Trinajstić information content (AvgIpc) is 2.57. The van der Waals surface area contributed by atoms with Crippen molar-refractivity contribution in [1.29, 1.82) is 0 Å². The van der Waals surface area contributed by atoms with Gasteiger partial charge in [-0.15, -0.1) is 0 Å². The number of ether oxygens (including phenoxy) is 1. The van der Waals surface area contributed by atoms with Crippen LogP contribution in [0.2, 0.25) is 10.0 Å². The van der Waals surface area contributed by atoms with Crippen LogP contribution in [0.25, 0.3) is 10.8 Å². The van der Waals surface area contributed by atoms with Crippen LogP contribution in [-0.4, -0.2) is 13.0 Å². The lowest BCUT2D eigenvalue weighted by atomic mass is 10.1. The number of carbonyl (C=O) groups excluding carboxylic acids is 1. The summed E-state index contributed by atoms with van der Waals surface area (Å²) in [5.74, 6) is 0.152. The van der Waals surface area contributed by atoms with Crippen LogP contribution in [0.5, 0.6) is 5.75 Å². The first-order valence-electron chi connectivity index (χ1n) is 7.03. The van der Waals surface area contributed by atoms with E-state index in [9.17, 15) is 4.79 Å². The zero-order valence-corrected chi connectivity index (χ0v) is 15.7. The molecule has 0 unspecified atom stereocenters. The molecule has 0 spiro atoms. The molecule has 24 heavy (non-hydrogen) atoms. The van der Waals surface area contributed by atoms with Gasteiger partial charge in [-0.2, -0.15) is 0 Å². The molecule has 0 radical (unpaired) electrons. The van der Waals surface area contributed by atoms with Crippen LogP contribution in [0, 0.1) is 0 Å². The van der Waals surface area contributed by atoms with Gasteiger partial charge in [-0.25, -0.2) is 0 Å². The highest BCUT2D eigenvalue weighted by Gasteiger charge is 2.19. The molecule has 6 heteroatoms. The molecule has 0 aliphatic heterocycles. The third kappa shape index (κ3) is 3.22. The summed E-state index contributed by atoms with van der Waals surface area (Å²) < 4.78 is 6.16. The van der Waals surface area contributed by atoms with Crippen molar-refractivity contribution >= 4 is 61.5 Å². The fraction of sp³-hybridized carbons (Fsp3) is 0.0556. The predicted octanol–water partition coefficient (Wildman–Crippen LogP) is 6.17. The van der Waals surface area contributed by atoms with Crippen molar-refractivity contribution in [3.05, 3.63) is 68.6 Å². The third-order valence-corrected chi connectivity index (χ3v) is 4.90. The van der Waals surface area contributed by atoms with E-state index in [0.717, 1.165) is 15.2 Å². The van der Waals surface area contributed by atoms with Crippen LogP contribution in [-0.2, 0) is 0 Å². The number of amides is 1. The molecule has 0 fully saturated rings. The quantitative estimate of drug-likeness (QED) is 0.545. The van der Waals surface area contributed by atoms with Crippen molar-refractivity contribution < 1.29 is 9.53 Å². The summed E-state index contributed by atoms with van der Waals surface area (Å²) in [5, 5.41) is 5.56. The van der Waals surface area contributed by atoms with Gasteiger partial charge in [-0.05, 0) is 51.0 Å². The molecular weight excluding hydrogens is 413 g/mol. The first-order valence-corrected chi connectivity index (χ1v) is 8.58. The first-order chi connectivity index (χ1) is 11.5. The Morgan fingerprint density at radius 2 is 1.88 bits per heavy atom. The summed E-state index contributed by atoms with van der Waals surface area (Å²) in [6, 6.07) is 14.4. The van der Waals surface area contributed by atoms with Gasteiger partial charge in [-0.3, -0.25) is 4.79 Å². The number of nitrogens with one attached hydrogen (secondary N) is 1. The van der Waals surface area contributed by atoms with Gasteiger partial charge in [-0.1, -0.05) is 47.5 Å². The standard InChI is InChI=1S/C18H12BrCl2NO2/c1-24-17-13(8-10-4-2-3-5-12(10)16(17)19)18(23)22-15-7-6-11(20)9-14(15)21/h2-9H,1H3,(H,22,23). The van der Waals surface area contributed by atoms with Crippen molar-refractivity contribution in [3.63, 3.8) is 0 Å². The Kier molecular flexibility index (Phi) is 4.99. The van der Waals surface area contributed by atoms with Crippen LogP contribution >= 0.6 is 39.1 Å². The minimum Gasteiger partial charge on any atom is -0.495 e. The van der Waals surface area contributed by atoms with E-state index in [1.165, 1.54) is 7.11 Å². The number of hydrogen-bond acceptors (Lipinski definition) is 2. The molecule has 0 aliphatic carbocycles. The Bertz CT molecular complexity index is 944. The van der Waals surface area contributed by atoms with E-state index in [0.29, 0.717) is 27.0 Å². The second-order valence-electron chi connectivity index (χ2n) is 5.07. The van der Waals surface area contributed by atoms with Crippen molar-refractivity contribution in [2.45, 2.75) is 0 Å². The molecule has 0 atom stereocenters. The lowest BCUT2D eigenvalue weighted by Gasteiger charge is -2.14. The second-order valence-corrected chi connectivity index (χ2v) is 6.71. The Hall–Kier alpha value is -1.75. The Balaban J connectivity index is 2.06. The summed E-state index contributed by atoms with van der Waals surface area (Å²) in [6.07, 6.45) is 0. The topological polar surface area (TPSA) is 38.3 Å². The number of rotatable bonds is 3. The molecule has 0 aromatic heterocycles. The molecule has 0 aliphatic rings. The third-order valence-electron chi connectivity index (χ3n) is 3.57. The molecule has 3 nitrogen and oxygen atoms in total. The van der Waals surface area contributed by atoms with Crippen molar-refractivity contribution in [2.24, 2.45) is 0 Å². The van der Waals surface area contributed by atoms with Crippen LogP contribution in [0.4, 0.5) is 5.69 Å². The smallest absolute Gasteiger partial charge is 0.259 e. The zero-order valence-electron chi connectivity index (χ0n) is 12.6. The number of halogens is 3. The van der Waals surface area contributed by atoms with Gasteiger partial charge < -0.3 is 10.1 Å². The summed E-state index contributed by atoms with van der Waals surface area (Å²) >= 11 is 15.5.